The molecule has 0 spiro atoms. The largest absolute Gasteiger partial charge is 0.508 e. The van der Waals surface area contributed by atoms with E-state index in [0.29, 0.717) is 18.4 Å². The van der Waals surface area contributed by atoms with Crippen LogP contribution in [-0.4, -0.2) is 47.9 Å². The lowest BCUT2D eigenvalue weighted by Crippen LogP contribution is -2.43. The summed E-state index contributed by atoms with van der Waals surface area (Å²) in [4.78, 5) is 50.3. The maximum absolute atomic E-state index is 13.0. The molecule has 0 heterocycles. The van der Waals surface area contributed by atoms with Crippen molar-refractivity contribution in [1.29, 1.82) is 0 Å². The van der Waals surface area contributed by atoms with Gasteiger partial charge < -0.3 is 29.8 Å². The number of rotatable bonds is 13. The van der Waals surface area contributed by atoms with Crippen LogP contribution in [0.25, 0.3) is 0 Å². The average Bonchev–Trinajstić information content (AvgIpc) is 2.87. The standard InChI is InChI=1S/C31H49NO9/c1-12-30(8,9)26(35)40-21-15-14-20(16-22(21)41-27(36)31(10,11)13-2)23(24(32)25(33)34)18(3)19(4)39-28(37)38-17-29(5,6)7/h14-16,18-19,23-24H,12-13,17,32H2,1-11H3,(H,33,34)/t18?,19?,23?,24-/m0/s1. The zero-order valence-corrected chi connectivity index (χ0v) is 26.5. The summed E-state index contributed by atoms with van der Waals surface area (Å²) in [5.74, 6) is -3.83. The van der Waals surface area contributed by atoms with E-state index in [4.69, 9.17) is 24.7 Å². The van der Waals surface area contributed by atoms with E-state index >= 15 is 0 Å². The average molecular weight is 580 g/mol. The molecule has 0 radical (unpaired) electrons. The first-order chi connectivity index (χ1) is 18.7. The number of carbonyl (C=O) groups excluding carboxylic acids is 3. The van der Waals surface area contributed by atoms with E-state index < -0.39 is 58.9 Å². The van der Waals surface area contributed by atoms with Crippen molar-refractivity contribution in [3.63, 3.8) is 0 Å². The summed E-state index contributed by atoms with van der Waals surface area (Å²) in [6, 6.07) is 3.08. The van der Waals surface area contributed by atoms with E-state index in [0.717, 1.165) is 0 Å². The van der Waals surface area contributed by atoms with Crippen molar-refractivity contribution in [2.24, 2.45) is 27.9 Å². The Morgan fingerprint density at radius 1 is 0.854 bits per heavy atom. The highest BCUT2D eigenvalue weighted by Gasteiger charge is 2.37. The lowest BCUT2D eigenvalue weighted by atomic mass is 9.79. The van der Waals surface area contributed by atoms with Crippen LogP contribution >= 0.6 is 0 Å². The number of nitrogens with two attached hydrogens (primary N) is 1. The topological polar surface area (TPSA) is 151 Å². The Hall–Kier alpha value is -3.14. The van der Waals surface area contributed by atoms with E-state index in [1.54, 1.807) is 47.6 Å². The summed E-state index contributed by atoms with van der Waals surface area (Å²) in [6.45, 7) is 19.8. The maximum atomic E-state index is 13.0. The monoisotopic (exact) mass is 579 g/mol. The molecule has 10 nitrogen and oxygen atoms in total. The van der Waals surface area contributed by atoms with E-state index in [1.807, 2.05) is 34.6 Å². The minimum Gasteiger partial charge on any atom is -0.480 e. The predicted molar refractivity (Wildman–Crippen MR) is 155 cm³/mol. The number of aliphatic carboxylic acids is 1. The van der Waals surface area contributed by atoms with Crippen molar-refractivity contribution in [3.8, 4) is 11.5 Å². The van der Waals surface area contributed by atoms with Crippen molar-refractivity contribution in [3.05, 3.63) is 23.8 Å². The van der Waals surface area contributed by atoms with Crippen LogP contribution in [0.15, 0.2) is 18.2 Å². The number of carbonyl (C=O) groups is 4. The Bertz CT molecular complexity index is 1090. The molecule has 0 saturated heterocycles. The van der Waals surface area contributed by atoms with Gasteiger partial charge in [-0.2, -0.15) is 0 Å². The van der Waals surface area contributed by atoms with Gasteiger partial charge in [0.15, 0.2) is 11.5 Å². The second-order valence-corrected chi connectivity index (χ2v) is 13.1. The molecule has 0 amide bonds. The summed E-state index contributed by atoms with van der Waals surface area (Å²) in [6.07, 6.45) is -0.650. The Labute approximate surface area is 244 Å². The van der Waals surface area contributed by atoms with Gasteiger partial charge in [0.1, 0.15) is 12.1 Å². The quantitative estimate of drug-likeness (QED) is 0.207. The Balaban J connectivity index is 3.53. The number of ether oxygens (including phenoxy) is 4. The van der Waals surface area contributed by atoms with Gasteiger partial charge in [0.2, 0.25) is 0 Å². The number of hydrogen-bond donors (Lipinski definition) is 2. The molecule has 0 aromatic heterocycles. The molecule has 0 bridgehead atoms. The van der Waals surface area contributed by atoms with Gasteiger partial charge in [-0.1, -0.05) is 47.6 Å². The van der Waals surface area contributed by atoms with Gasteiger partial charge in [0.05, 0.1) is 17.4 Å². The molecular formula is C31H49NO9. The molecule has 232 valence electrons. The zero-order valence-electron chi connectivity index (χ0n) is 26.5. The molecule has 1 aromatic rings. The number of benzene rings is 1. The number of hydrogen-bond acceptors (Lipinski definition) is 9. The lowest BCUT2D eigenvalue weighted by molar-refractivity contribution is -0.147. The van der Waals surface area contributed by atoms with Gasteiger partial charge in [0, 0.05) is 11.8 Å². The highest BCUT2D eigenvalue weighted by molar-refractivity contribution is 5.82. The fourth-order valence-corrected chi connectivity index (χ4v) is 3.51. The smallest absolute Gasteiger partial charge is 0.480 e. The Morgan fingerprint density at radius 2 is 1.34 bits per heavy atom. The normalized spacial score (nSPS) is 15.2. The van der Waals surface area contributed by atoms with Gasteiger partial charge in [-0.3, -0.25) is 14.4 Å². The highest BCUT2D eigenvalue weighted by atomic mass is 16.7. The molecular weight excluding hydrogens is 530 g/mol. The van der Waals surface area contributed by atoms with Gasteiger partial charge in [0.25, 0.3) is 0 Å². The first-order valence-corrected chi connectivity index (χ1v) is 14.1. The second kappa shape index (κ2) is 14.2. The Morgan fingerprint density at radius 3 is 1.78 bits per heavy atom. The van der Waals surface area contributed by atoms with Crippen molar-refractivity contribution >= 4 is 24.1 Å². The molecule has 1 aromatic carbocycles. The number of carboxylic acid groups (broad SMARTS) is 1. The van der Waals surface area contributed by atoms with Crippen LogP contribution in [0.2, 0.25) is 0 Å². The molecule has 0 aliphatic heterocycles. The van der Waals surface area contributed by atoms with Gasteiger partial charge in [-0.25, -0.2) is 4.79 Å². The first-order valence-electron chi connectivity index (χ1n) is 14.1. The molecule has 0 saturated carbocycles. The first kappa shape index (κ1) is 35.9. The minimum absolute atomic E-state index is 0.0193. The summed E-state index contributed by atoms with van der Waals surface area (Å²) < 4.78 is 22.1. The Kier molecular flexibility index (Phi) is 12.4. The zero-order chi connectivity index (χ0) is 31.9. The molecule has 41 heavy (non-hydrogen) atoms. The molecule has 3 N–H and O–H groups in total. The highest BCUT2D eigenvalue weighted by Crippen LogP contribution is 2.39. The minimum atomic E-state index is -1.40. The maximum Gasteiger partial charge on any atom is 0.508 e. The summed E-state index contributed by atoms with van der Waals surface area (Å²) in [5.41, 5.74) is 4.66. The third-order valence-electron chi connectivity index (χ3n) is 7.52. The van der Waals surface area contributed by atoms with E-state index in [9.17, 15) is 24.3 Å². The van der Waals surface area contributed by atoms with Crippen LogP contribution < -0.4 is 15.2 Å². The van der Waals surface area contributed by atoms with Gasteiger partial charge in [-0.05, 0) is 70.6 Å². The third-order valence-corrected chi connectivity index (χ3v) is 7.52. The van der Waals surface area contributed by atoms with Crippen molar-refractivity contribution in [1.82, 2.24) is 0 Å². The lowest BCUT2D eigenvalue weighted by Gasteiger charge is -2.32. The summed E-state index contributed by atoms with van der Waals surface area (Å²) >= 11 is 0. The molecule has 4 atom stereocenters. The van der Waals surface area contributed by atoms with E-state index in [1.165, 1.54) is 12.1 Å². The van der Waals surface area contributed by atoms with Crippen LogP contribution in [0.5, 0.6) is 11.5 Å². The molecule has 1 rings (SSSR count). The van der Waals surface area contributed by atoms with Crippen molar-refractivity contribution in [2.75, 3.05) is 6.61 Å². The third kappa shape index (κ3) is 10.3. The summed E-state index contributed by atoms with van der Waals surface area (Å²) in [5, 5.41) is 9.83. The molecule has 0 aliphatic rings. The van der Waals surface area contributed by atoms with Crippen LogP contribution in [0, 0.1) is 22.2 Å². The summed E-state index contributed by atoms with van der Waals surface area (Å²) in [7, 11) is 0. The fourth-order valence-electron chi connectivity index (χ4n) is 3.51. The molecule has 3 unspecified atom stereocenters. The van der Waals surface area contributed by atoms with Crippen LogP contribution in [0.4, 0.5) is 4.79 Å². The number of esters is 2. The van der Waals surface area contributed by atoms with E-state index in [-0.39, 0.29) is 23.5 Å². The van der Waals surface area contributed by atoms with Gasteiger partial charge >= 0.3 is 24.1 Å². The SMILES string of the molecule is CCC(C)(C)C(=O)Oc1ccc(C(C(C)C(C)OC(=O)OCC(C)(C)C)[C@H](N)C(=O)O)cc1OC(=O)C(C)(C)CC. The molecule has 10 heteroatoms. The van der Waals surface area contributed by atoms with Crippen LogP contribution in [0.1, 0.15) is 100 Å². The second-order valence-electron chi connectivity index (χ2n) is 13.1. The number of carboxylic acids is 1. The van der Waals surface area contributed by atoms with Crippen LogP contribution in [0.3, 0.4) is 0 Å². The van der Waals surface area contributed by atoms with E-state index in [2.05, 4.69) is 0 Å². The van der Waals surface area contributed by atoms with Crippen molar-refractivity contribution < 1.29 is 43.2 Å². The van der Waals surface area contributed by atoms with Crippen LogP contribution in [-0.2, 0) is 23.9 Å². The predicted octanol–water partition coefficient (Wildman–Crippen LogP) is 6.09. The fraction of sp³-hybridized carbons (Fsp3) is 0.677. The van der Waals surface area contributed by atoms with Gasteiger partial charge in [-0.15, -0.1) is 0 Å². The molecule has 0 aliphatic carbocycles. The molecule has 0 fully saturated rings. The van der Waals surface area contributed by atoms with Crippen molar-refractivity contribution in [2.45, 2.75) is 107 Å².